The molecular weight excluding hydrogens is 280 g/mol. The summed E-state index contributed by atoms with van der Waals surface area (Å²) >= 11 is 3.52. The zero-order valence-corrected chi connectivity index (χ0v) is 11.7. The van der Waals surface area contributed by atoms with Gasteiger partial charge in [0, 0.05) is 18.4 Å². The third-order valence-electron chi connectivity index (χ3n) is 2.48. The van der Waals surface area contributed by atoms with Crippen LogP contribution >= 0.6 is 15.9 Å². The summed E-state index contributed by atoms with van der Waals surface area (Å²) in [5.41, 5.74) is 2.09. The van der Waals surface area contributed by atoms with Crippen LogP contribution in [-0.4, -0.2) is 14.8 Å². The molecule has 0 bridgehead atoms. The second-order valence-electron chi connectivity index (χ2n) is 4.22. The summed E-state index contributed by atoms with van der Waals surface area (Å²) in [6, 6.07) is 2.33. The van der Waals surface area contributed by atoms with Crippen LogP contribution in [0.1, 0.15) is 25.5 Å². The molecule has 5 heteroatoms. The first kappa shape index (κ1) is 12.1. The van der Waals surface area contributed by atoms with Crippen LogP contribution in [0.25, 0.3) is 0 Å². The molecule has 4 nitrogen and oxygen atoms in total. The van der Waals surface area contributed by atoms with Crippen LogP contribution in [0.5, 0.6) is 0 Å². The predicted octanol–water partition coefficient (Wildman–Crippen LogP) is 3.67. The second-order valence-corrected chi connectivity index (χ2v) is 5.01. The maximum Gasteiger partial charge on any atom is 0.145 e. The van der Waals surface area contributed by atoms with Crippen molar-refractivity contribution in [2.24, 2.45) is 0 Å². The summed E-state index contributed by atoms with van der Waals surface area (Å²) in [5, 5.41) is 7.52. The molecule has 0 fully saturated rings. The van der Waals surface area contributed by atoms with E-state index in [1.165, 1.54) is 0 Å². The van der Waals surface area contributed by atoms with Gasteiger partial charge >= 0.3 is 0 Å². The number of nitrogens with one attached hydrogen (secondary N) is 1. The lowest BCUT2D eigenvalue weighted by atomic mass is 10.3. The smallest absolute Gasteiger partial charge is 0.145 e. The van der Waals surface area contributed by atoms with Gasteiger partial charge in [-0.3, -0.25) is 4.68 Å². The fourth-order valence-electron chi connectivity index (χ4n) is 1.45. The van der Waals surface area contributed by atoms with Crippen LogP contribution in [-0.2, 0) is 0 Å². The van der Waals surface area contributed by atoms with Crippen molar-refractivity contribution in [1.29, 1.82) is 0 Å². The predicted molar refractivity (Wildman–Crippen MR) is 72.6 cm³/mol. The molecule has 2 aromatic heterocycles. The summed E-state index contributed by atoms with van der Waals surface area (Å²) in [5.74, 6) is 0.813. The first-order valence-electron chi connectivity index (χ1n) is 5.50. The van der Waals surface area contributed by atoms with Gasteiger partial charge in [0.1, 0.15) is 5.82 Å². The molecule has 0 aliphatic carbocycles. The van der Waals surface area contributed by atoms with Gasteiger partial charge in [0.15, 0.2) is 0 Å². The van der Waals surface area contributed by atoms with E-state index in [0.717, 1.165) is 21.5 Å². The minimum Gasteiger partial charge on any atom is -0.337 e. The number of pyridine rings is 1. The van der Waals surface area contributed by atoms with Crippen LogP contribution in [0, 0.1) is 6.92 Å². The van der Waals surface area contributed by atoms with E-state index in [1.807, 2.05) is 23.9 Å². The van der Waals surface area contributed by atoms with Crippen molar-refractivity contribution in [3.8, 4) is 0 Å². The van der Waals surface area contributed by atoms with E-state index < -0.39 is 0 Å². The van der Waals surface area contributed by atoms with Crippen LogP contribution in [0.4, 0.5) is 11.5 Å². The van der Waals surface area contributed by atoms with Crippen molar-refractivity contribution in [1.82, 2.24) is 14.8 Å². The monoisotopic (exact) mass is 294 g/mol. The Morgan fingerprint density at radius 2 is 2.18 bits per heavy atom. The number of aryl methyl sites for hydroxylation is 1. The highest BCUT2D eigenvalue weighted by atomic mass is 79.9. The Kier molecular flexibility index (Phi) is 3.47. The van der Waals surface area contributed by atoms with Crippen molar-refractivity contribution in [2.45, 2.75) is 26.8 Å². The average Bonchev–Trinajstić information content (AvgIpc) is 2.73. The molecule has 2 heterocycles. The van der Waals surface area contributed by atoms with Crippen LogP contribution < -0.4 is 5.32 Å². The molecule has 90 valence electrons. The number of anilines is 2. The lowest BCUT2D eigenvalue weighted by Crippen LogP contribution is -2.00. The fraction of sp³-hybridized carbons (Fsp3) is 0.333. The molecular formula is C12H15BrN4. The normalized spacial score (nSPS) is 10.9. The van der Waals surface area contributed by atoms with Gasteiger partial charge in [-0.2, -0.15) is 5.10 Å². The topological polar surface area (TPSA) is 42.7 Å². The Morgan fingerprint density at radius 1 is 1.41 bits per heavy atom. The number of nitrogens with zero attached hydrogens (tertiary/aromatic N) is 3. The molecule has 0 atom stereocenters. The van der Waals surface area contributed by atoms with Gasteiger partial charge in [-0.1, -0.05) is 0 Å². The van der Waals surface area contributed by atoms with Crippen LogP contribution in [0.3, 0.4) is 0 Å². The molecule has 0 unspecified atom stereocenters. The standard InChI is InChI=1S/C12H15BrN4/c1-8(2)17-7-10(6-15-17)16-12-11(13)9(3)4-5-14-12/h4-8H,1-3H3,(H,14,16). The molecule has 0 aliphatic heterocycles. The number of hydrogen-bond donors (Lipinski definition) is 1. The van der Waals surface area contributed by atoms with Gasteiger partial charge in [-0.05, 0) is 48.3 Å². The van der Waals surface area contributed by atoms with Gasteiger partial charge in [-0.15, -0.1) is 0 Å². The molecule has 0 saturated heterocycles. The summed E-state index contributed by atoms with van der Waals surface area (Å²) in [6.45, 7) is 6.23. The van der Waals surface area contributed by atoms with Crippen molar-refractivity contribution in [3.63, 3.8) is 0 Å². The fourth-order valence-corrected chi connectivity index (χ4v) is 1.78. The summed E-state index contributed by atoms with van der Waals surface area (Å²) in [4.78, 5) is 4.29. The Labute approximate surface area is 109 Å². The van der Waals surface area contributed by atoms with E-state index in [1.54, 1.807) is 12.4 Å². The lowest BCUT2D eigenvalue weighted by molar-refractivity contribution is 0.532. The van der Waals surface area contributed by atoms with Crippen molar-refractivity contribution in [3.05, 3.63) is 34.7 Å². The molecule has 0 aromatic carbocycles. The molecule has 1 N–H and O–H groups in total. The van der Waals surface area contributed by atoms with E-state index in [0.29, 0.717) is 6.04 Å². The summed E-state index contributed by atoms with van der Waals surface area (Å²) in [7, 11) is 0. The highest BCUT2D eigenvalue weighted by Crippen LogP contribution is 2.26. The number of aromatic nitrogens is 3. The van der Waals surface area contributed by atoms with Crippen LogP contribution in [0.2, 0.25) is 0 Å². The second kappa shape index (κ2) is 4.87. The highest BCUT2D eigenvalue weighted by Gasteiger charge is 2.06. The van der Waals surface area contributed by atoms with E-state index in [2.05, 4.69) is 45.2 Å². The van der Waals surface area contributed by atoms with E-state index in [4.69, 9.17) is 0 Å². The minimum absolute atomic E-state index is 0.361. The maximum absolute atomic E-state index is 4.29. The lowest BCUT2D eigenvalue weighted by Gasteiger charge is -2.07. The molecule has 0 aliphatic rings. The largest absolute Gasteiger partial charge is 0.337 e. The van der Waals surface area contributed by atoms with Crippen molar-refractivity contribution < 1.29 is 0 Å². The first-order chi connectivity index (χ1) is 8.08. The SMILES string of the molecule is Cc1ccnc(Nc2cnn(C(C)C)c2)c1Br. The minimum atomic E-state index is 0.361. The van der Waals surface area contributed by atoms with E-state index in [9.17, 15) is 0 Å². The van der Waals surface area contributed by atoms with Crippen LogP contribution in [0.15, 0.2) is 29.1 Å². The molecule has 2 aromatic rings. The van der Waals surface area contributed by atoms with Crippen molar-refractivity contribution in [2.75, 3.05) is 5.32 Å². The Morgan fingerprint density at radius 3 is 2.82 bits per heavy atom. The quantitative estimate of drug-likeness (QED) is 0.939. The molecule has 17 heavy (non-hydrogen) atoms. The third kappa shape index (κ3) is 2.66. The number of hydrogen-bond acceptors (Lipinski definition) is 3. The van der Waals surface area contributed by atoms with Crippen molar-refractivity contribution >= 4 is 27.4 Å². The Balaban J connectivity index is 2.22. The number of rotatable bonds is 3. The Bertz CT molecular complexity index is 519. The number of halogens is 1. The maximum atomic E-state index is 4.29. The molecule has 0 radical (unpaired) electrons. The van der Waals surface area contributed by atoms with Gasteiger partial charge in [0.05, 0.1) is 16.4 Å². The Hall–Kier alpha value is -1.36. The molecule has 0 spiro atoms. The first-order valence-corrected chi connectivity index (χ1v) is 6.29. The van der Waals surface area contributed by atoms with E-state index >= 15 is 0 Å². The van der Waals surface area contributed by atoms with Gasteiger partial charge in [0.2, 0.25) is 0 Å². The third-order valence-corrected chi connectivity index (χ3v) is 3.48. The zero-order valence-electron chi connectivity index (χ0n) is 10.1. The molecule has 0 saturated carbocycles. The van der Waals surface area contributed by atoms with E-state index in [-0.39, 0.29) is 0 Å². The molecule has 0 amide bonds. The molecule has 2 rings (SSSR count). The summed E-state index contributed by atoms with van der Waals surface area (Å²) in [6.07, 6.45) is 5.56. The zero-order chi connectivity index (χ0) is 12.4. The van der Waals surface area contributed by atoms with Gasteiger partial charge in [0.25, 0.3) is 0 Å². The highest BCUT2D eigenvalue weighted by molar-refractivity contribution is 9.10. The summed E-state index contributed by atoms with van der Waals surface area (Å²) < 4.78 is 2.89. The van der Waals surface area contributed by atoms with Gasteiger partial charge in [-0.25, -0.2) is 4.98 Å². The van der Waals surface area contributed by atoms with Gasteiger partial charge < -0.3 is 5.32 Å². The average molecular weight is 295 g/mol.